The SMILES string of the molecule is C#CC(CC)NCC(C)(C)CN(C)C. The summed E-state index contributed by atoms with van der Waals surface area (Å²) in [6.45, 7) is 8.65. The lowest BCUT2D eigenvalue weighted by Crippen LogP contribution is -2.41. The first kappa shape index (κ1) is 13.5. The van der Waals surface area contributed by atoms with E-state index in [1.165, 1.54) is 0 Å². The van der Waals surface area contributed by atoms with Crippen LogP contribution >= 0.6 is 0 Å². The van der Waals surface area contributed by atoms with Crippen LogP contribution in [0.1, 0.15) is 27.2 Å². The monoisotopic (exact) mass is 196 g/mol. The predicted molar refractivity (Wildman–Crippen MR) is 63.2 cm³/mol. The molecule has 0 aliphatic carbocycles. The molecule has 0 rings (SSSR count). The molecule has 2 nitrogen and oxygen atoms in total. The molecule has 1 atom stereocenters. The Morgan fingerprint density at radius 1 is 1.43 bits per heavy atom. The van der Waals surface area contributed by atoms with Crippen molar-refractivity contribution in [2.75, 3.05) is 27.2 Å². The normalized spacial score (nSPS) is 14.1. The molecular weight excluding hydrogens is 172 g/mol. The summed E-state index contributed by atoms with van der Waals surface area (Å²) in [5.41, 5.74) is 0.272. The van der Waals surface area contributed by atoms with Gasteiger partial charge in [0, 0.05) is 13.1 Å². The molecule has 0 bridgehead atoms. The molecule has 0 radical (unpaired) electrons. The van der Waals surface area contributed by atoms with Crippen LogP contribution in [0, 0.1) is 17.8 Å². The number of terminal acetylenes is 1. The molecule has 1 N–H and O–H groups in total. The molecule has 1 unspecified atom stereocenters. The van der Waals surface area contributed by atoms with Crippen LogP contribution in [0.4, 0.5) is 0 Å². The standard InChI is InChI=1S/C12H24N2/c1-7-11(8-2)13-9-12(3,4)10-14(5)6/h1,11,13H,8-10H2,2-6H3. The fourth-order valence-electron chi connectivity index (χ4n) is 1.63. The van der Waals surface area contributed by atoms with Gasteiger partial charge in [0.1, 0.15) is 0 Å². The van der Waals surface area contributed by atoms with Crippen molar-refractivity contribution >= 4 is 0 Å². The van der Waals surface area contributed by atoms with Gasteiger partial charge in [-0.25, -0.2) is 0 Å². The van der Waals surface area contributed by atoms with Crippen LogP contribution in [0.5, 0.6) is 0 Å². The Balaban J connectivity index is 3.92. The van der Waals surface area contributed by atoms with Gasteiger partial charge in [0.25, 0.3) is 0 Å². The van der Waals surface area contributed by atoms with Crippen LogP contribution in [0.2, 0.25) is 0 Å². The summed E-state index contributed by atoms with van der Waals surface area (Å²) < 4.78 is 0. The lowest BCUT2D eigenvalue weighted by atomic mass is 9.92. The van der Waals surface area contributed by atoms with E-state index in [1.54, 1.807) is 0 Å². The fourth-order valence-corrected chi connectivity index (χ4v) is 1.63. The average molecular weight is 196 g/mol. The zero-order valence-corrected chi connectivity index (χ0v) is 10.2. The minimum atomic E-state index is 0.219. The summed E-state index contributed by atoms with van der Waals surface area (Å²) in [5.74, 6) is 2.75. The molecule has 0 saturated heterocycles. The van der Waals surface area contributed by atoms with Gasteiger partial charge < -0.3 is 10.2 Å². The first-order valence-corrected chi connectivity index (χ1v) is 5.25. The maximum absolute atomic E-state index is 5.39. The maximum atomic E-state index is 5.39. The molecular formula is C12H24N2. The highest BCUT2D eigenvalue weighted by molar-refractivity contribution is 4.98. The van der Waals surface area contributed by atoms with E-state index in [2.05, 4.69) is 51.0 Å². The second-order valence-electron chi connectivity index (χ2n) is 4.91. The summed E-state index contributed by atoms with van der Waals surface area (Å²) in [5, 5.41) is 3.40. The van der Waals surface area contributed by atoms with Crippen molar-refractivity contribution in [1.29, 1.82) is 0 Å². The molecule has 0 aromatic heterocycles. The highest BCUT2D eigenvalue weighted by Gasteiger charge is 2.19. The quantitative estimate of drug-likeness (QED) is 0.649. The third-order valence-corrected chi connectivity index (χ3v) is 2.18. The van der Waals surface area contributed by atoms with Gasteiger partial charge in [-0.1, -0.05) is 26.7 Å². The van der Waals surface area contributed by atoms with Gasteiger partial charge in [-0.2, -0.15) is 0 Å². The Morgan fingerprint density at radius 3 is 2.36 bits per heavy atom. The van der Waals surface area contributed by atoms with Crippen molar-refractivity contribution in [3.63, 3.8) is 0 Å². The van der Waals surface area contributed by atoms with E-state index < -0.39 is 0 Å². The van der Waals surface area contributed by atoms with Gasteiger partial charge in [-0.3, -0.25) is 0 Å². The highest BCUT2D eigenvalue weighted by atomic mass is 15.1. The Kier molecular flexibility index (Phi) is 5.83. The fraction of sp³-hybridized carbons (Fsp3) is 0.833. The van der Waals surface area contributed by atoms with E-state index in [0.717, 1.165) is 19.5 Å². The second-order valence-corrected chi connectivity index (χ2v) is 4.91. The second kappa shape index (κ2) is 6.06. The van der Waals surface area contributed by atoms with Crippen LogP contribution < -0.4 is 5.32 Å². The molecule has 14 heavy (non-hydrogen) atoms. The lowest BCUT2D eigenvalue weighted by Gasteiger charge is -2.29. The van der Waals surface area contributed by atoms with Crippen LogP contribution in [-0.2, 0) is 0 Å². The van der Waals surface area contributed by atoms with Crippen molar-refractivity contribution in [2.45, 2.75) is 33.2 Å². The van der Waals surface area contributed by atoms with Crippen LogP contribution in [-0.4, -0.2) is 38.1 Å². The van der Waals surface area contributed by atoms with E-state index >= 15 is 0 Å². The van der Waals surface area contributed by atoms with Gasteiger partial charge in [0.05, 0.1) is 6.04 Å². The molecule has 82 valence electrons. The molecule has 0 aromatic rings. The van der Waals surface area contributed by atoms with E-state index in [-0.39, 0.29) is 11.5 Å². The third-order valence-electron chi connectivity index (χ3n) is 2.18. The Hall–Kier alpha value is -0.520. The maximum Gasteiger partial charge on any atom is 0.0684 e. The van der Waals surface area contributed by atoms with E-state index in [9.17, 15) is 0 Å². The van der Waals surface area contributed by atoms with Crippen LogP contribution in [0.25, 0.3) is 0 Å². The first-order chi connectivity index (χ1) is 6.41. The van der Waals surface area contributed by atoms with Gasteiger partial charge in [-0.05, 0) is 25.9 Å². The molecule has 0 amide bonds. The Labute approximate surface area is 89.1 Å². The van der Waals surface area contributed by atoms with Crippen LogP contribution in [0.15, 0.2) is 0 Å². The van der Waals surface area contributed by atoms with Crippen molar-refractivity contribution in [2.24, 2.45) is 5.41 Å². The van der Waals surface area contributed by atoms with Crippen molar-refractivity contribution in [1.82, 2.24) is 10.2 Å². The molecule has 0 heterocycles. The Morgan fingerprint density at radius 2 is 2.00 bits per heavy atom. The number of nitrogens with one attached hydrogen (secondary N) is 1. The minimum absolute atomic E-state index is 0.219. The first-order valence-electron chi connectivity index (χ1n) is 5.25. The number of nitrogens with zero attached hydrogens (tertiary/aromatic N) is 1. The van der Waals surface area contributed by atoms with E-state index in [4.69, 9.17) is 6.42 Å². The molecule has 0 fully saturated rings. The zero-order chi connectivity index (χ0) is 11.2. The van der Waals surface area contributed by atoms with Crippen molar-refractivity contribution in [3.05, 3.63) is 0 Å². The average Bonchev–Trinajstić information content (AvgIpc) is 2.03. The molecule has 0 spiro atoms. The zero-order valence-electron chi connectivity index (χ0n) is 10.2. The molecule has 0 aromatic carbocycles. The summed E-state index contributed by atoms with van der Waals surface area (Å²) in [7, 11) is 4.19. The molecule has 0 saturated carbocycles. The Bertz CT molecular complexity index is 189. The third kappa shape index (κ3) is 6.01. The van der Waals surface area contributed by atoms with Gasteiger partial charge >= 0.3 is 0 Å². The number of hydrogen-bond donors (Lipinski definition) is 1. The van der Waals surface area contributed by atoms with Crippen molar-refractivity contribution < 1.29 is 0 Å². The lowest BCUT2D eigenvalue weighted by molar-refractivity contribution is 0.229. The largest absolute Gasteiger partial charge is 0.309 e. The molecule has 2 heteroatoms. The summed E-state index contributed by atoms with van der Waals surface area (Å²) in [4.78, 5) is 2.21. The van der Waals surface area contributed by atoms with Crippen LogP contribution in [0.3, 0.4) is 0 Å². The summed E-state index contributed by atoms with van der Waals surface area (Å²) in [6.07, 6.45) is 6.39. The highest BCUT2D eigenvalue weighted by Crippen LogP contribution is 2.14. The molecule has 0 aliphatic heterocycles. The topological polar surface area (TPSA) is 15.3 Å². The van der Waals surface area contributed by atoms with Gasteiger partial charge in [-0.15, -0.1) is 6.42 Å². The summed E-state index contributed by atoms with van der Waals surface area (Å²) >= 11 is 0. The minimum Gasteiger partial charge on any atom is -0.309 e. The molecule has 0 aliphatic rings. The number of hydrogen-bond acceptors (Lipinski definition) is 2. The predicted octanol–water partition coefficient (Wildman–Crippen LogP) is 1.58. The van der Waals surface area contributed by atoms with Gasteiger partial charge in [0.15, 0.2) is 0 Å². The number of rotatable bonds is 6. The van der Waals surface area contributed by atoms with Crippen molar-refractivity contribution in [3.8, 4) is 12.3 Å². The summed E-state index contributed by atoms with van der Waals surface area (Å²) in [6, 6.07) is 0.219. The smallest absolute Gasteiger partial charge is 0.0684 e. The van der Waals surface area contributed by atoms with E-state index in [1.807, 2.05) is 0 Å². The van der Waals surface area contributed by atoms with Gasteiger partial charge in [0.2, 0.25) is 0 Å². The van der Waals surface area contributed by atoms with E-state index in [0.29, 0.717) is 0 Å².